The molecule has 0 saturated heterocycles. The summed E-state index contributed by atoms with van der Waals surface area (Å²) in [7, 11) is 0. The van der Waals surface area contributed by atoms with E-state index >= 15 is 0 Å². The maximum absolute atomic E-state index is 6.39. The minimum absolute atomic E-state index is 0.405. The van der Waals surface area contributed by atoms with Crippen LogP contribution in [0.5, 0.6) is 0 Å². The largest absolute Gasteiger partial charge is 0.382 e. The number of imidazole rings is 1. The van der Waals surface area contributed by atoms with E-state index in [1.807, 2.05) is 24.4 Å². The standard InChI is InChI=1S/C29H30N6/c1-3-18(2)32-23-15-22(16-23)29-34-26(27-28(30)31-13-14-35(27)29)21-10-9-20-11-12-24(33-25(20)17-21)19-7-5-4-6-8-19/h4-14,17-18,22-23,32H,3,15-16H2,1-2H3,(H2,30,31). The molecule has 0 aliphatic heterocycles. The molecule has 6 nitrogen and oxygen atoms in total. The van der Waals surface area contributed by atoms with Crippen molar-refractivity contribution in [1.82, 2.24) is 24.7 Å². The highest BCUT2D eigenvalue weighted by molar-refractivity contribution is 5.91. The van der Waals surface area contributed by atoms with Crippen LogP contribution in [0.2, 0.25) is 0 Å². The lowest BCUT2D eigenvalue weighted by molar-refractivity contribution is 0.259. The highest BCUT2D eigenvalue weighted by Gasteiger charge is 2.34. The second kappa shape index (κ2) is 8.78. The van der Waals surface area contributed by atoms with E-state index in [2.05, 4.69) is 71.0 Å². The lowest BCUT2D eigenvalue weighted by Gasteiger charge is -2.37. The third kappa shape index (κ3) is 3.94. The first-order valence-electron chi connectivity index (χ1n) is 12.5. The molecule has 2 aromatic carbocycles. The van der Waals surface area contributed by atoms with Gasteiger partial charge < -0.3 is 11.1 Å². The number of aromatic nitrogens is 4. The van der Waals surface area contributed by atoms with Gasteiger partial charge >= 0.3 is 0 Å². The van der Waals surface area contributed by atoms with Crippen molar-refractivity contribution < 1.29 is 0 Å². The molecule has 1 atom stereocenters. The Morgan fingerprint density at radius 1 is 1.03 bits per heavy atom. The molecule has 6 heteroatoms. The van der Waals surface area contributed by atoms with Gasteiger partial charge in [-0.25, -0.2) is 15.0 Å². The molecule has 3 N–H and O–H groups in total. The van der Waals surface area contributed by atoms with Crippen molar-refractivity contribution in [3.05, 3.63) is 78.9 Å². The molecule has 0 spiro atoms. The van der Waals surface area contributed by atoms with Crippen LogP contribution in [-0.2, 0) is 0 Å². The fourth-order valence-corrected chi connectivity index (χ4v) is 5.10. The average molecular weight is 463 g/mol. The molecule has 5 aromatic rings. The zero-order valence-corrected chi connectivity index (χ0v) is 20.1. The van der Waals surface area contributed by atoms with E-state index in [0.717, 1.165) is 64.0 Å². The molecule has 0 bridgehead atoms. The van der Waals surface area contributed by atoms with Crippen LogP contribution in [0.3, 0.4) is 0 Å². The number of hydrogen-bond donors (Lipinski definition) is 2. The van der Waals surface area contributed by atoms with Crippen molar-refractivity contribution >= 4 is 22.2 Å². The van der Waals surface area contributed by atoms with Crippen LogP contribution in [0, 0.1) is 0 Å². The fourth-order valence-electron chi connectivity index (χ4n) is 5.10. The number of nitrogen functional groups attached to an aromatic ring is 1. The van der Waals surface area contributed by atoms with Crippen molar-refractivity contribution in [3.63, 3.8) is 0 Å². The number of nitrogens with two attached hydrogens (primary N) is 1. The number of nitrogens with one attached hydrogen (secondary N) is 1. The van der Waals surface area contributed by atoms with E-state index in [-0.39, 0.29) is 0 Å². The number of rotatable bonds is 6. The molecule has 6 rings (SSSR count). The number of nitrogens with zero attached hydrogens (tertiary/aromatic N) is 4. The summed E-state index contributed by atoms with van der Waals surface area (Å²) in [6.07, 6.45) is 7.07. The number of fused-ring (bicyclic) bond motifs is 2. The average Bonchev–Trinajstić information content (AvgIpc) is 3.26. The number of benzene rings is 2. The number of hydrogen-bond acceptors (Lipinski definition) is 5. The molecule has 1 unspecified atom stereocenters. The number of anilines is 1. The van der Waals surface area contributed by atoms with Gasteiger partial charge in [0.05, 0.1) is 11.2 Å². The Morgan fingerprint density at radius 2 is 1.83 bits per heavy atom. The Bertz CT molecular complexity index is 1500. The normalized spacial score (nSPS) is 18.6. The molecule has 176 valence electrons. The SMILES string of the molecule is CCC(C)NC1CC(c2nc(-c3ccc4ccc(-c5ccccc5)nc4c3)c3c(N)nccn23)C1. The topological polar surface area (TPSA) is 81.1 Å². The summed E-state index contributed by atoms with van der Waals surface area (Å²) in [5, 5.41) is 4.82. The molecule has 35 heavy (non-hydrogen) atoms. The Labute approximate surface area is 205 Å². The van der Waals surface area contributed by atoms with Crippen molar-refractivity contribution in [2.75, 3.05) is 5.73 Å². The first-order chi connectivity index (χ1) is 17.1. The Morgan fingerprint density at radius 3 is 2.63 bits per heavy atom. The van der Waals surface area contributed by atoms with Gasteiger partial charge in [0.15, 0.2) is 0 Å². The maximum atomic E-state index is 6.39. The summed E-state index contributed by atoms with van der Waals surface area (Å²) in [4.78, 5) is 14.5. The van der Waals surface area contributed by atoms with Crippen molar-refractivity contribution in [2.45, 2.75) is 51.1 Å². The fraction of sp³-hybridized carbons (Fsp3) is 0.276. The molecule has 1 saturated carbocycles. The van der Waals surface area contributed by atoms with Gasteiger partial charge in [-0.05, 0) is 38.3 Å². The molecule has 3 aromatic heterocycles. The predicted molar refractivity (Wildman–Crippen MR) is 142 cm³/mol. The summed E-state index contributed by atoms with van der Waals surface area (Å²) in [6.45, 7) is 4.47. The smallest absolute Gasteiger partial charge is 0.150 e. The highest BCUT2D eigenvalue weighted by atomic mass is 15.1. The zero-order valence-electron chi connectivity index (χ0n) is 20.1. The summed E-state index contributed by atoms with van der Waals surface area (Å²) < 4.78 is 2.14. The molecule has 1 fully saturated rings. The first-order valence-corrected chi connectivity index (χ1v) is 12.5. The Kier molecular flexibility index (Phi) is 5.46. The maximum Gasteiger partial charge on any atom is 0.150 e. The summed E-state index contributed by atoms with van der Waals surface area (Å²) >= 11 is 0. The monoisotopic (exact) mass is 462 g/mol. The molecule has 1 aliphatic rings. The summed E-state index contributed by atoms with van der Waals surface area (Å²) in [6, 6.07) is 21.9. The van der Waals surface area contributed by atoms with Crippen LogP contribution >= 0.6 is 0 Å². The quantitative estimate of drug-likeness (QED) is 0.332. The lowest BCUT2D eigenvalue weighted by atomic mass is 9.79. The molecule has 1 aliphatic carbocycles. The second-order valence-corrected chi connectivity index (χ2v) is 9.66. The van der Waals surface area contributed by atoms with E-state index in [0.29, 0.717) is 23.8 Å². The van der Waals surface area contributed by atoms with Gasteiger partial charge in [0, 0.05) is 46.9 Å². The van der Waals surface area contributed by atoms with E-state index in [9.17, 15) is 0 Å². The minimum Gasteiger partial charge on any atom is -0.382 e. The minimum atomic E-state index is 0.405. The van der Waals surface area contributed by atoms with Crippen molar-refractivity contribution in [1.29, 1.82) is 0 Å². The first kappa shape index (κ1) is 21.7. The Hall–Kier alpha value is -3.77. The van der Waals surface area contributed by atoms with Gasteiger partial charge in [-0.2, -0.15) is 0 Å². The van der Waals surface area contributed by atoms with E-state index < -0.39 is 0 Å². The predicted octanol–water partition coefficient (Wildman–Crippen LogP) is 5.83. The van der Waals surface area contributed by atoms with E-state index in [1.165, 1.54) is 0 Å². The van der Waals surface area contributed by atoms with Gasteiger partial charge in [-0.3, -0.25) is 4.40 Å². The van der Waals surface area contributed by atoms with Crippen LogP contribution in [0.4, 0.5) is 5.82 Å². The van der Waals surface area contributed by atoms with Crippen LogP contribution in [0.15, 0.2) is 73.1 Å². The van der Waals surface area contributed by atoms with Gasteiger partial charge in [-0.15, -0.1) is 0 Å². The molecule has 0 amide bonds. The van der Waals surface area contributed by atoms with Gasteiger partial charge in [0.1, 0.15) is 22.9 Å². The number of pyridine rings is 1. The van der Waals surface area contributed by atoms with E-state index in [4.69, 9.17) is 15.7 Å². The van der Waals surface area contributed by atoms with E-state index in [1.54, 1.807) is 6.20 Å². The van der Waals surface area contributed by atoms with Crippen LogP contribution in [0.1, 0.15) is 44.9 Å². The Balaban J connectivity index is 1.40. The summed E-state index contributed by atoms with van der Waals surface area (Å²) in [5.74, 6) is 1.97. The van der Waals surface area contributed by atoms with Crippen molar-refractivity contribution in [2.24, 2.45) is 0 Å². The molecular formula is C29H30N6. The highest BCUT2D eigenvalue weighted by Crippen LogP contribution is 2.40. The van der Waals surface area contributed by atoms with Crippen LogP contribution in [-0.4, -0.2) is 31.4 Å². The zero-order chi connectivity index (χ0) is 23.9. The second-order valence-electron chi connectivity index (χ2n) is 9.66. The third-order valence-electron chi connectivity index (χ3n) is 7.28. The third-order valence-corrected chi connectivity index (χ3v) is 7.28. The van der Waals surface area contributed by atoms with Gasteiger partial charge in [0.25, 0.3) is 0 Å². The summed E-state index contributed by atoms with van der Waals surface area (Å²) in [5.41, 5.74) is 12.2. The molecular weight excluding hydrogens is 432 g/mol. The van der Waals surface area contributed by atoms with Crippen LogP contribution in [0.25, 0.3) is 38.9 Å². The lowest BCUT2D eigenvalue weighted by Crippen LogP contribution is -2.44. The van der Waals surface area contributed by atoms with Gasteiger partial charge in [-0.1, -0.05) is 55.5 Å². The molecule has 0 radical (unpaired) electrons. The van der Waals surface area contributed by atoms with Crippen LogP contribution < -0.4 is 11.1 Å². The van der Waals surface area contributed by atoms with Crippen molar-refractivity contribution in [3.8, 4) is 22.5 Å². The van der Waals surface area contributed by atoms with Gasteiger partial charge in [0.2, 0.25) is 0 Å². The molecule has 3 heterocycles.